The van der Waals surface area contributed by atoms with Gasteiger partial charge in [-0.2, -0.15) is 0 Å². The van der Waals surface area contributed by atoms with Gasteiger partial charge in [0.25, 0.3) is 0 Å². The second kappa shape index (κ2) is 10.00. The van der Waals surface area contributed by atoms with Crippen molar-refractivity contribution in [2.24, 2.45) is 0 Å². The third-order valence-corrected chi connectivity index (χ3v) is 3.80. The molecule has 2 N–H and O–H groups in total. The molecule has 2 amide bonds. The minimum atomic E-state index is 0. The number of carbonyl (C=O) groups excluding carboxylic acids is 2. The Hall–Kier alpha value is -0.810. The highest BCUT2D eigenvalue weighted by molar-refractivity contribution is 5.85. The molecule has 2 unspecified atom stereocenters. The average molecular weight is 306 g/mol. The van der Waals surface area contributed by atoms with Crippen LogP contribution in [0.4, 0.5) is 0 Å². The van der Waals surface area contributed by atoms with E-state index in [0.29, 0.717) is 19.0 Å². The lowest BCUT2D eigenvalue weighted by atomic mass is 10.1. The SMILES string of the molecule is CC(=O)NCCCCCC(=O)N1CCNC(C)C1C.Cl. The highest BCUT2D eigenvalue weighted by Gasteiger charge is 2.27. The van der Waals surface area contributed by atoms with Crippen LogP contribution in [0.2, 0.25) is 0 Å². The monoisotopic (exact) mass is 305 g/mol. The molecule has 2 atom stereocenters. The minimum absolute atomic E-state index is 0. The number of hydrogen-bond acceptors (Lipinski definition) is 3. The standard InChI is InChI=1S/C14H27N3O2.ClH/c1-11-12(2)17(10-9-15-11)14(19)7-5-4-6-8-16-13(3)18;/h11-12,15H,4-10H2,1-3H3,(H,16,18);1H. The van der Waals surface area contributed by atoms with Gasteiger partial charge in [0.2, 0.25) is 11.8 Å². The molecule has 0 aromatic heterocycles. The van der Waals surface area contributed by atoms with Gasteiger partial charge in [-0.25, -0.2) is 0 Å². The Morgan fingerprint density at radius 2 is 1.95 bits per heavy atom. The normalized spacial score (nSPS) is 22.1. The average Bonchev–Trinajstić information content (AvgIpc) is 2.36. The second-order valence-corrected chi connectivity index (χ2v) is 5.36. The number of amides is 2. The maximum atomic E-state index is 12.1. The molecule has 0 spiro atoms. The van der Waals surface area contributed by atoms with Gasteiger partial charge in [0.05, 0.1) is 0 Å². The van der Waals surface area contributed by atoms with Crippen LogP contribution in [0.1, 0.15) is 46.5 Å². The summed E-state index contributed by atoms with van der Waals surface area (Å²) >= 11 is 0. The number of rotatable bonds is 6. The van der Waals surface area contributed by atoms with Crippen molar-refractivity contribution >= 4 is 24.2 Å². The summed E-state index contributed by atoms with van der Waals surface area (Å²) in [6.45, 7) is 8.17. The van der Waals surface area contributed by atoms with Gasteiger partial charge in [0.1, 0.15) is 0 Å². The number of unbranched alkanes of at least 4 members (excludes halogenated alkanes) is 2. The van der Waals surface area contributed by atoms with E-state index in [1.54, 1.807) is 0 Å². The van der Waals surface area contributed by atoms with Gasteiger partial charge < -0.3 is 15.5 Å². The quantitative estimate of drug-likeness (QED) is 0.728. The highest BCUT2D eigenvalue weighted by Crippen LogP contribution is 2.12. The van der Waals surface area contributed by atoms with E-state index in [9.17, 15) is 9.59 Å². The molecule has 0 radical (unpaired) electrons. The third kappa shape index (κ3) is 6.57. The van der Waals surface area contributed by atoms with Crippen molar-refractivity contribution in [2.45, 2.75) is 58.5 Å². The van der Waals surface area contributed by atoms with Crippen molar-refractivity contribution in [2.75, 3.05) is 19.6 Å². The maximum absolute atomic E-state index is 12.1. The molecule has 0 aromatic carbocycles. The first-order chi connectivity index (χ1) is 9.02. The van der Waals surface area contributed by atoms with E-state index < -0.39 is 0 Å². The molecule has 0 aromatic rings. The summed E-state index contributed by atoms with van der Waals surface area (Å²) in [6, 6.07) is 0.651. The molecule has 5 nitrogen and oxygen atoms in total. The van der Waals surface area contributed by atoms with E-state index >= 15 is 0 Å². The van der Waals surface area contributed by atoms with Gasteiger partial charge in [0, 0.05) is 45.1 Å². The molecule has 6 heteroatoms. The Morgan fingerprint density at radius 3 is 2.60 bits per heavy atom. The largest absolute Gasteiger partial charge is 0.356 e. The van der Waals surface area contributed by atoms with Crippen molar-refractivity contribution in [3.05, 3.63) is 0 Å². The molecule has 0 aliphatic carbocycles. The lowest BCUT2D eigenvalue weighted by Gasteiger charge is -2.38. The van der Waals surface area contributed by atoms with E-state index in [4.69, 9.17) is 0 Å². The summed E-state index contributed by atoms with van der Waals surface area (Å²) in [7, 11) is 0. The van der Waals surface area contributed by atoms with Crippen molar-refractivity contribution in [3.8, 4) is 0 Å². The van der Waals surface area contributed by atoms with Crippen LogP contribution in [-0.2, 0) is 9.59 Å². The third-order valence-electron chi connectivity index (χ3n) is 3.80. The van der Waals surface area contributed by atoms with Gasteiger partial charge in [0.15, 0.2) is 0 Å². The van der Waals surface area contributed by atoms with Crippen LogP contribution in [0.5, 0.6) is 0 Å². The molecular formula is C14H28ClN3O2. The molecule has 118 valence electrons. The molecule has 0 saturated carbocycles. The van der Waals surface area contributed by atoms with E-state index in [-0.39, 0.29) is 30.3 Å². The summed E-state index contributed by atoms with van der Waals surface area (Å²) in [5, 5.41) is 6.14. The maximum Gasteiger partial charge on any atom is 0.222 e. The lowest BCUT2D eigenvalue weighted by molar-refractivity contribution is -0.135. The lowest BCUT2D eigenvalue weighted by Crippen LogP contribution is -2.57. The van der Waals surface area contributed by atoms with Crippen LogP contribution in [0, 0.1) is 0 Å². The first-order valence-electron chi connectivity index (χ1n) is 7.29. The molecule has 1 aliphatic rings. The Bertz CT molecular complexity index is 313. The topological polar surface area (TPSA) is 61.4 Å². The van der Waals surface area contributed by atoms with Crippen LogP contribution >= 0.6 is 12.4 Å². The smallest absolute Gasteiger partial charge is 0.222 e. The molecule has 1 heterocycles. The Morgan fingerprint density at radius 1 is 1.25 bits per heavy atom. The molecule has 1 fully saturated rings. The zero-order valence-electron chi connectivity index (χ0n) is 12.8. The van der Waals surface area contributed by atoms with Crippen LogP contribution in [0.25, 0.3) is 0 Å². The van der Waals surface area contributed by atoms with E-state index in [1.807, 2.05) is 4.90 Å². The summed E-state index contributed by atoms with van der Waals surface area (Å²) < 4.78 is 0. The molecule has 1 aliphatic heterocycles. The summed E-state index contributed by atoms with van der Waals surface area (Å²) in [6.07, 6.45) is 3.46. The van der Waals surface area contributed by atoms with E-state index in [2.05, 4.69) is 24.5 Å². The summed E-state index contributed by atoms with van der Waals surface area (Å²) in [5.41, 5.74) is 0. The molecule has 20 heavy (non-hydrogen) atoms. The van der Waals surface area contributed by atoms with E-state index in [0.717, 1.165) is 32.4 Å². The summed E-state index contributed by atoms with van der Waals surface area (Å²) in [4.78, 5) is 24.8. The fraction of sp³-hybridized carbons (Fsp3) is 0.857. The van der Waals surface area contributed by atoms with Crippen LogP contribution in [0.15, 0.2) is 0 Å². The van der Waals surface area contributed by atoms with Gasteiger partial charge in [-0.15, -0.1) is 12.4 Å². The van der Waals surface area contributed by atoms with E-state index in [1.165, 1.54) is 6.92 Å². The molecular weight excluding hydrogens is 278 g/mol. The molecule has 1 saturated heterocycles. The predicted octanol–water partition coefficient (Wildman–Crippen LogP) is 1.31. The van der Waals surface area contributed by atoms with Crippen LogP contribution in [0.3, 0.4) is 0 Å². The van der Waals surface area contributed by atoms with Gasteiger partial charge in [-0.3, -0.25) is 9.59 Å². The summed E-state index contributed by atoms with van der Waals surface area (Å²) in [5.74, 6) is 0.278. The van der Waals surface area contributed by atoms with Gasteiger partial charge >= 0.3 is 0 Å². The first kappa shape index (κ1) is 19.2. The van der Waals surface area contributed by atoms with Gasteiger partial charge in [-0.1, -0.05) is 6.42 Å². The van der Waals surface area contributed by atoms with Crippen LogP contribution in [-0.4, -0.2) is 48.4 Å². The number of halogens is 1. The number of piperazine rings is 1. The number of hydrogen-bond donors (Lipinski definition) is 2. The zero-order valence-corrected chi connectivity index (χ0v) is 13.6. The Labute approximate surface area is 128 Å². The van der Waals surface area contributed by atoms with Crippen molar-refractivity contribution in [3.63, 3.8) is 0 Å². The number of nitrogens with one attached hydrogen (secondary N) is 2. The first-order valence-corrected chi connectivity index (χ1v) is 7.29. The van der Waals surface area contributed by atoms with Crippen LogP contribution < -0.4 is 10.6 Å². The molecule has 1 rings (SSSR count). The fourth-order valence-electron chi connectivity index (χ4n) is 2.39. The van der Waals surface area contributed by atoms with Crippen molar-refractivity contribution in [1.29, 1.82) is 0 Å². The van der Waals surface area contributed by atoms with Gasteiger partial charge in [-0.05, 0) is 26.7 Å². The van der Waals surface area contributed by atoms with Crippen molar-refractivity contribution in [1.82, 2.24) is 15.5 Å². The Balaban J connectivity index is 0.00000361. The molecule has 0 bridgehead atoms. The minimum Gasteiger partial charge on any atom is -0.356 e. The fourth-order valence-corrected chi connectivity index (χ4v) is 2.39. The highest BCUT2D eigenvalue weighted by atomic mass is 35.5. The second-order valence-electron chi connectivity index (χ2n) is 5.36. The predicted molar refractivity (Wildman–Crippen MR) is 83.0 cm³/mol. The van der Waals surface area contributed by atoms with Crippen molar-refractivity contribution < 1.29 is 9.59 Å². The number of nitrogens with zero attached hydrogens (tertiary/aromatic N) is 1. The zero-order chi connectivity index (χ0) is 14.3. The Kier molecular flexibility index (Phi) is 9.59. The number of carbonyl (C=O) groups is 2.